The highest BCUT2D eigenvalue weighted by Gasteiger charge is 2.32. The summed E-state index contributed by atoms with van der Waals surface area (Å²) in [4.78, 5) is 13.0. The van der Waals surface area contributed by atoms with Gasteiger partial charge in [-0.25, -0.2) is 4.39 Å². The van der Waals surface area contributed by atoms with Crippen molar-refractivity contribution in [1.29, 1.82) is 0 Å². The number of carbonyl (C=O) groups excluding carboxylic acids is 1. The number of halogens is 1. The first-order valence-electron chi connectivity index (χ1n) is 10.2. The average molecular weight is 406 g/mol. The summed E-state index contributed by atoms with van der Waals surface area (Å²) in [5.74, 6) is 0.00503. The van der Waals surface area contributed by atoms with Crippen molar-refractivity contribution < 1.29 is 13.9 Å². The van der Waals surface area contributed by atoms with Gasteiger partial charge in [-0.15, -0.1) is 0 Å². The van der Waals surface area contributed by atoms with Crippen molar-refractivity contribution in [3.8, 4) is 5.75 Å². The van der Waals surface area contributed by atoms with E-state index in [1.54, 1.807) is 13.8 Å². The fraction of sp³-hybridized carbons (Fsp3) is 0.269. The molecule has 0 heterocycles. The van der Waals surface area contributed by atoms with Gasteiger partial charge in [0.1, 0.15) is 11.6 Å². The van der Waals surface area contributed by atoms with Crippen molar-refractivity contribution in [1.82, 2.24) is 5.32 Å². The highest BCUT2D eigenvalue weighted by Crippen LogP contribution is 2.26. The molecule has 0 radical (unpaired) electrons. The average Bonchev–Trinajstić information content (AvgIpc) is 2.74. The van der Waals surface area contributed by atoms with Crippen LogP contribution in [-0.2, 0) is 11.2 Å². The lowest BCUT2D eigenvalue weighted by Crippen LogP contribution is -2.51. The van der Waals surface area contributed by atoms with Gasteiger partial charge in [0.15, 0.2) is 5.60 Å². The van der Waals surface area contributed by atoms with Gasteiger partial charge in [-0.3, -0.25) is 4.79 Å². The van der Waals surface area contributed by atoms with Gasteiger partial charge >= 0.3 is 0 Å². The molecule has 1 N–H and O–H groups in total. The molecule has 0 fully saturated rings. The summed E-state index contributed by atoms with van der Waals surface area (Å²) in [7, 11) is 0. The van der Waals surface area contributed by atoms with Crippen molar-refractivity contribution >= 4 is 5.91 Å². The third-order valence-electron chi connectivity index (χ3n) is 5.22. The lowest BCUT2D eigenvalue weighted by molar-refractivity contribution is -0.135. The van der Waals surface area contributed by atoms with Crippen LogP contribution >= 0.6 is 0 Å². The lowest BCUT2D eigenvalue weighted by Gasteiger charge is -2.31. The van der Waals surface area contributed by atoms with Gasteiger partial charge in [0, 0.05) is 12.0 Å². The molecular formula is C26H28FNO2. The second-order valence-electron chi connectivity index (χ2n) is 8.04. The summed E-state index contributed by atoms with van der Waals surface area (Å²) >= 11 is 0. The molecule has 0 aliphatic carbocycles. The molecule has 2 unspecified atom stereocenters. The molecule has 3 rings (SSSR count). The van der Waals surface area contributed by atoms with Crippen LogP contribution in [-0.4, -0.2) is 17.6 Å². The summed E-state index contributed by atoms with van der Waals surface area (Å²) in [5.41, 5.74) is 1.29. The fourth-order valence-electron chi connectivity index (χ4n) is 3.48. The van der Waals surface area contributed by atoms with Crippen molar-refractivity contribution in [2.24, 2.45) is 0 Å². The van der Waals surface area contributed by atoms with E-state index in [0.717, 1.165) is 6.42 Å². The van der Waals surface area contributed by atoms with Crippen LogP contribution in [0.1, 0.15) is 37.8 Å². The molecule has 0 bridgehead atoms. The van der Waals surface area contributed by atoms with Crippen molar-refractivity contribution in [3.63, 3.8) is 0 Å². The molecule has 0 saturated heterocycles. The first-order chi connectivity index (χ1) is 14.3. The van der Waals surface area contributed by atoms with Crippen molar-refractivity contribution in [3.05, 3.63) is 102 Å². The lowest BCUT2D eigenvalue weighted by atomic mass is 9.86. The molecule has 3 aromatic carbocycles. The number of hydrogen-bond acceptors (Lipinski definition) is 2. The Kier molecular flexibility index (Phi) is 6.88. The third kappa shape index (κ3) is 5.69. The van der Waals surface area contributed by atoms with E-state index in [0.29, 0.717) is 5.75 Å². The van der Waals surface area contributed by atoms with Crippen LogP contribution in [0.25, 0.3) is 0 Å². The molecule has 0 aliphatic heterocycles. The normalized spacial score (nSPS) is 13.3. The molecule has 3 nitrogen and oxygen atoms in total. The molecule has 4 heteroatoms. The zero-order chi connectivity index (χ0) is 21.6. The number of amides is 1. The summed E-state index contributed by atoms with van der Waals surface area (Å²) in [6, 6.07) is 26.0. The highest BCUT2D eigenvalue weighted by atomic mass is 19.1. The van der Waals surface area contributed by atoms with Gasteiger partial charge in [-0.1, -0.05) is 60.7 Å². The van der Waals surface area contributed by atoms with Gasteiger partial charge in [0.05, 0.1) is 0 Å². The number of ether oxygens (including phenoxy) is 1. The molecule has 0 aliphatic rings. The second kappa shape index (κ2) is 9.57. The van der Waals surface area contributed by atoms with Crippen molar-refractivity contribution in [2.75, 3.05) is 0 Å². The number of hydrogen-bond donors (Lipinski definition) is 1. The van der Waals surface area contributed by atoms with E-state index in [1.165, 1.54) is 35.4 Å². The smallest absolute Gasteiger partial charge is 0.263 e. The molecule has 1 amide bonds. The SMILES string of the molecule is CC(NC(=O)C(C)(C)Oc1ccc(F)cc1)C(Cc1ccccc1)c1ccccc1. The summed E-state index contributed by atoms with van der Waals surface area (Å²) in [5, 5.41) is 3.13. The summed E-state index contributed by atoms with van der Waals surface area (Å²) < 4.78 is 19.0. The largest absolute Gasteiger partial charge is 0.478 e. The molecule has 0 aromatic heterocycles. The molecule has 156 valence electrons. The third-order valence-corrected chi connectivity index (χ3v) is 5.22. The van der Waals surface area contributed by atoms with Crippen LogP contribution < -0.4 is 10.1 Å². The van der Waals surface area contributed by atoms with Crippen LogP contribution in [0.2, 0.25) is 0 Å². The van der Waals surface area contributed by atoms with E-state index in [4.69, 9.17) is 4.74 Å². The second-order valence-corrected chi connectivity index (χ2v) is 8.04. The standard InChI is InChI=1S/C26H28FNO2/c1-19(28-25(29)26(2,3)30-23-16-14-22(27)15-17-23)24(21-12-8-5-9-13-21)18-20-10-6-4-7-11-20/h4-17,19,24H,18H2,1-3H3,(H,28,29). The predicted octanol–water partition coefficient (Wildman–Crippen LogP) is 5.51. The Morgan fingerprint density at radius 3 is 2.10 bits per heavy atom. The number of benzene rings is 3. The predicted molar refractivity (Wildman–Crippen MR) is 118 cm³/mol. The Morgan fingerprint density at radius 1 is 0.933 bits per heavy atom. The van der Waals surface area contributed by atoms with E-state index in [1.807, 2.05) is 43.3 Å². The highest BCUT2D eigenvalue weighted by molar-refractivity contribution is 5.85. The summed E-state index contributed by atoms with van der Waals surface area (Å²) in [6.45, 7) is 5.45. The first kappa shape index (κ1) is 21.6. The first-order valence-corrected chi connectivity index (χ1v) is 10.2. The Bertz CT molecular complexity index is 940. The minimum Gasteiger partial charge on any atom is -0.478 e. The molecular weight excluding hydrogens is 377 g/mol. The van der Waals surface area contributed by atoms with Gasteiger partial charge in [0.2, 0.25) is 0 Å². The van der Waals surface area contributed by atoms with Crippen LogP contribution in [0.4, 0.5) is 4.39 Å². The molecule has 0 saturated carbocycles. The van der Waals surface area contributed by atoms with Crippen LogP contribution in [0.5, 0.6) is 5.75 Å². The van der Waals surface area contributed by atoms with Crippen LogP contribution in [0, 0.1) is 5.82 Å². The van der Waals surface area contributed by atoms with E-state index in [9.17, 15) is 9.18 Å². The number of carbonyl (C=O) groups is 1. The fourth-order valence-corrected chi connectivity index (χ4v) is 3.48. The zero-order valence-electron chi connectivity index (χ0n) is 17.6. The molecule has 30 heavy (non-hydrogen) atoms. The van der Waals surface area contributed by atoms with Gasteiger partial charge in [-0.05, 0) is 62.6 Å². The maximum Gasteiger partial charge on any atom is 0.263 e. The zero-order valence-corrected chi connectivity index (χ0v) is 17.6. The van der Waals surface area contributed by atoms with E-state index in [2.05, 4.69) is 29.6 Å². The van der Waals surface area contributed by atoms with Gasteiger partial charge in [-0.2, -0.15) is 0 Å². The molecule has 2 atom stereocenters. The van der Waals surface area contributed by atoms with Gasteiger partial charge in [0.25, 0.3) is 5.91 Å². The maximum atomic E-state index is 13.1. The van der Waals surface area contributed by atoms with Crippen LogP contribution in [0.3, 0.4) is 0 Å². The monoisotopic (exact) mass is 405 g/mol. The number of nitrogens with one attached hydrogen (secondary N) is 1. The Balaban J connectivity index is 1.74. The van der Waals surface area contributed by atoms with Crippen molar-refractivity contribution in [2.45, 2.75) is 44.8 Å². The summed E-state index contributed by atoms with van der Waals surface area (Å²) in [6.07, 6.45) is 0.811. The minimum absolute atomic E-state index is 0.110. The van der Waals surface area contributed by atoms with E-state index >= 15 is 0 Å². The topological polar surface area (TPSA) is 38.3 Å². The quantitative estimate of drug-likeness (QED) is 0.536. The Hall–Kier alpha value is -3.14. The van der Waals surface area contributed by atoms with Gasteiger partial charge < -0.3 is 10.1 Å². The van der Waals surface area contributed by atoms with E-state index < -0.39 is 5.60 Å². The Morgan fingerprint density at radius 2 is 1.50 bits per heavy atom. The Labute approximate surface area is 177 Å². The number of rotatable bonds is 8. The van der Waals surface area contributed by atoms with Crippen LogP contribution in [0.15, 0.2) is 84.9 Å². The van der Waals surface area contributed by atoms with E-state index in [-0.39, 0.29) is 23.7 Å². The maximum absolute atomic E-state index is 13.1. The minimum atomic E-state index is -1.10. The molecule has 0 spiro atoms. The molecule has 3 aromatic rings.